The molecule has 0 bridgehead atoms. The van der Waals surface area contributed by atoms with Crippen LogP contribution < -0.4 is 15.9 Å². The van der Waals surface area contributed by atoms with Crippen LogP contribution in [0.25, 0.3) is 0 Å². The summed E-state index contributed by atoms with van der Waals surface area (Å²) in [5.74, 6) is -0.607. The molecule has 9 nitrogen and oxygen atoms in total. The SMILES string of the molecule is CCOc1cc(/C=N\NC(N)=O)cc([N+](=O)[O-])c1O. The predicted molar refractivity (Wildman–Crippen MR) is 66.2 cm³/mol. The van der Waals surface area contributed by atoms with Crippen LogP contribution in [0.4, 0.5) is 10.5 Å². The number of urea groups is 1. The quantitative estimate of drug-likeness (QED) is 0.409. The van der Waals surface area contributed by atoms with Crippen LogP contribution in [0.15, 0.2) is 17.2 Å². The third kappa shape index (κ3) is 3.84. The number of primary amides is 1. The normalized spacial score (nSPS) is 10.4. The molecule has 0 spiro atoms. The van der Waals surface area contributed by atoms with E-state index in [2.05, 4.69) is 5.10 Å². The smallest absolute Gasteiger partial charge is 0.332 e. The monoisotopic (exact) mass is 268 g/mol. The molecule has 0 saturated carbocycles. The van der Waals surface area contributed by atoms with E-state index in [0.29, 0.717) is 0 Å². The summed E-state index contributed by atoms with van der Waals surface area (Å²) >= 11 is 0. The van der Waals surface area contributed by atoms with Crippen molar-refractivity contribution in [1.82, 2.24) is 5.43 Å². The van der Waals surface area contributed by atoms with Crippen molar-refractivity contribution < 1.29 is 19.6 Å². The predicted octanol–water partition coefficient (Wildman–Crippen LogP) is 0.701. The Morgan fingerprint density at radius 3 is 2.89 bits per heavy atom. The molecule has 0 aliphatic heterocycles. The van der Waals surface area contributed by atoms with E-state index >= 15 is 0 Å². The molecule has 0 saturated heterocycles. The van der Waals surface area contributed by atoms with Crippen LogP contribution in [0.3, 0.4) is 0 Å². The number of aromatic hydroxyl groups is 1. The molecule has 0 radical (unpaired) electrons. The van der Waals surface area contributed by atoms with Crippen molar-refractivity contribution in [2.24, 2.45) is 10.8 Å². The van der Waals surface area contributed by atoms with E-state index < -0.39 is 22.4 Å². The second-order valence-electron chi connectivity index (χ2n) is 3.31. The van der Waals surface area contributed by atoms with Crippen LogP contribution in [0.2, 0.25) is 0 Å². The summed E-state index contributed by atoms with van der Waals surface area (Å²) in [4.78, 5) is 20.4. The lowest BCUT2D eigenvalue weighted by Gasteiger charge is -2.07. The summed E-state index contributed by atoms with van der Waals surface area (Å²) in [5.41, 5.74) is 6.49. The van der Waals surface area contributed by atoms with Crippen molar-refractivity contribution >= 4 is 17.9 Å². The van der Waals surface area contributed by atoms with Gasteiger partial charge >= 0.3 is 11.7 Å². The number of benzene rings is 1. The molecular weight excluding hydrogens is 256 g/mol. The van der Waals surface area contributed by atoms with Crippen LogP contribution in [0.1, 0.15) is 12.5 Å². The van der Waals surface area contributed by atoms with Crippen molar-refractivity contribution in [2.75, 3.05) is 6.61 Å². The Morgan fingerprint density at radius 2 is 2.37 bits per heavy atom. The zero-order valence-electron chi connectivity index (χ0n) is 9.99. The number of hydrogen-bond donors (Lipinski definition) is 3. The van der Waals surface area contributed by atoms with Crippen molar-refractivity contribution in [1.29, 1.82) is 0 Å². The van der Waals surface area contributed by atoms with Crippen molar-refractivity contribution in [2.45, 2.75) is 6.92 Å². The van der Waals surface area contributed by atoms with E-state index in [-0.39, 0.29) is 17.9 Å². The molecule has 19 heavy (non-hydrogen) atoms. The number of hydrazone groups is 1. The fourth-order valence-corrected chi connectivity index (χ4v) is 1.26. The molecule has 0 aromatic heterocycles. The molecule has 0 heterocycles. The first kappa shape index (κ1) is 14.2. The average molecular weight is 268 g/mol. The Hall–Kier alpha value is -2.84. The topological polar surface area (TPSA) is 140 Å². The van der Waals surface area contributed by atoms with Crippen molar-refractivity contribution in [3.05, 3.63) is 27.8 Å². The zero-order valence-corrected chi connectivity index (χ0v) is 9.99. The number of nitro benzene ring substituents is 1. The van der Waals surface area contributed by atoms with Crippen molar-refractivity contribution in [3.63, 3.8) is 0 Å². The summed E-state index contributed by atoms with van der Waals surface area (Å²) < 4.78 is 5.07. The third-order valence-electron chi connectivity index (χ3n) is 1.96. The van der Waals surface area contributed by atoms with Gasteiger partial charge in [0.1, 0.15) is 0 Å². The van der Waals surface area contributed by atoms with Gasteiger partial charge in [-0.3, -0.25) is 10.1 Å². The molecule has 0 fully saturated rings. The number of carbonyl (C=O) groups excluding carboxylic acids is 1. The van der Waals surface area contributed by atoms with Gasteiger partial charge in [-0.25, -0.2) is 10.2 Å². The summed E-state index contributed by atoms with van der Waals surface area (Å²) in [6, 6.07) is 1.57. The van der Waals surface area contributed by atoms with Crippen LogP contribution in [0.5, 0.6) is 11.5 Å². The first-order valence-corrected chi connectivity index (χ1v) is 5.18. The Kier molecular flexibility index (Phi) is 4.63. The Balaban J connectivity index is 3.14. The number of hydrogen-bond acceptors (Lipinski definition) is 6. The number of amides is 2. The number of nitrogens with one attached hydrogen (secondary N) is 1. The van der Waals surface area contributed by atoms with Gasteiger partial charge in [0.25, 0.3) is 0 Å². The Bertz CT molecular complexity index is 529. The van der Waals surface area contributed by atoms with E-state index in [1.165, 1.54) is 6.07 Å². The second-order valence-corrected chi connectivity index (χ2v) is 3.31. The maximum atomic E-state index is 10.8. The third-order valence-corrected chi connectivity index (χ3v) is 1.96. The molecule has 1 aromatic rings. The van der Waals surface area contributed by atoms with Gasteiger partial charge in [0.15, 0.2) is 5.75 Å². The molecule has 1 aromatic carbocycles. The molecule has 0 aliphatic rings. The van der Waals surface area contributed by atoms with E-state index in [9.17, 15) is 20.0 Å². The molecule has 102 valence electrons. The van der Waals surface area contributed by atoms with Gasteiger partial charge in [-0.2, -0.15) is 5.10 Å². The van der Waals surface area contributed by atoms with E-state index in [1.807, 2.05) is 5.43 Å². The number of nitrogens with zero attached hydrogens (tertiary/aromatic N) is 2. The van der Waals surface area contributed by atoms with Gasteiger partial charge in [0.05, 0.1) is 17.7 Å². The van der Waals surface area contributed by atoms with Crippen molar-refractivity contribution in [3.8, 4) is 11.5 Å². The largest absolute Gasteiger partial charge is 0.500 e. The van der Waals surface area contributed by atoms with Gasteiger partial charge in [-0.05, 0) is 13.0 Å². The lowest BCUT2D eigenvalue weighted by atomic mass is 10.2. The van der Waals surface area contributed by atoms with Gasteiger partial charge in [0.2, 0.25) is 5.75 Å². The van der Waals surface area contributed by atoms with Gasteiger partial charge < -0.3 is 15.6 Å². The number of carbonyl (C=O) groups is 1. The molecule has 0 unspecified atom stereocenters. The van der Waals surface area contributed by atoms with Gasteiger partial charge in [-0.15, -0.1) is 0 Å². The van der Waals surface area contributed by atoms with E-state index in [0.717, 1.165) is 12.3 Å². The molecule has 0 aliphatic carbocycles. The van der Waals surface area contributed by atoms with Crippen LogP contribution >= 0.6 is 0 Å². The number of ether oxygens (including phenoxy) is 1. The highest BCUT2D eigenvalue weighted by atomic mass is 16.6. The minimum Gasteiger partial charge on any atom is -0.500 e. The van der Waals surface area contributed by atoms with E-state index in [1.54, 1.807) is 6.92 Å². The summed E-state index contributed by atoms with van der Waals surface area (Å²) in [6.45, 7) is 1.89. The number of phenols is 1. The number of phenolic OH excluding ortho intramolecular Hbond substituents is 1. The average Bonchev–Trinajstić information content (AvgIpc) is 2.32. The first-order chi connectivity index (χ1) is 8.95. The summed E-state index contributed by atoms with van der Waals surface area (Å²) in [6.07, 6.45) is 1.14. The van der Waals surface area contributed by atoms with Crippen LogP contribution in [-0.2, 0) is 0 Å². The first-order valence-electron chi connectivity index (χ1n) is 5.18. The molecule has 0 atom stereocenters. The molecule has 1 rings (SSSR count). The highest BCUT2D eigenvalue weighted by molar-refractivity contribution is 5.84. The molecule has 9 heteroatoms. The van der Waals surface area contributed by atoms with Gasteiger partial charge in [0, 0.05) is 11.6 Å². The molecule has 2 amide bonds. The summed E-state index contributed by atoms with van der Waals surface area (Å²) in [5, 5.41) is 23.9. The van der Waals surface area contributed by atoms with E-state index in [4.69, 9.17) is 10.5 Å². The zero-order chi connectivity index (χ0) is 14.4. The molecule has 4 N–H and O–H groups in total. The fourth-order valence-electron chi connectivity index (χ4n) is 1.26. The summed E-state index contributed by atoms with van der Waals surface area (Å²) in [7, 11) is 0. The molecular formula is C10H12N4O5. The van der Waals surface area contributed by atoms with Crippen LogP contribution in [-0.4, -0.2) is 28.9 Å². The number of nitro groups is 1. The minimum atomic E-state index is -0.866. The lowest BCUT2D eigenvalue weighted by Crippen LogP contribution is -2.24. The Morgan fingerprint density at radius 1 is 1.68 bits per heavy atom. The fraction of sp³-hybridized carbons (Fsp3) is 0.200. The van der Waals surface area contributed by atoms with Crippen LogP contribution in [0, 0.1) is 10.1 Å². The second kappa shape index (κ2) is 6.19. The standard InChI is InChI=1S/C10H12N4O5/c1-2-19-8-4-6(5-12-13-10(11)16)3-7(9(8)15)14(17)18/h3-5,15H,2H2,1H3,(H3,11,13,16)/b12-5-. The minimum absolute atomic E-state index is 0.0442. The van der Waals surface area contributed by atoms with Gasteiger partial charge in [-0.1, -0.05) is 0 Å². The highest BCUT2D eigenvalue weighted by Gasteiger charge is 2.19. The Labute approximate surface area is 107 Å². The number of nitrogens with two attached hydrogens (primary N) is 1. The highest BCUT2D eigenvalue weighted by Crippen LogP contribution is 2.36. The maximum Gasteiger partial charge on any atom is 0.332 e. The lowest BCUT2D eigenvalue weighted by molar-refractivity contribution is -0.386. The maximum absolute atomic E-state index is 10.8. The number of rotatable bonds is 5.